The van der Waals surface area contributed by atoms with Crippen LogP contribution in [0.4, 0.5) is 11.4 Å². The smallest absolute Gasteiger partial charge is 0.263 e. The van der Waals surface area contributed by atoms with Crippen molar-refractivity contribution >= 4 is 113 Å². The Hall–Kier alpha value is -5.64. The van der Waals surface area contributed by atoms with Crippen molar-refractivity contribution in [1.82, 2.24) is 0 Å². The number of fused-ring (bicyclic) bond motifs is 6. The second-order valence-electron chi connectivity index (χ2n) is 17.4. The molecule has 0 aliphatic carbocycles. The van der Waals surface area contributed by atoms with E-state index in [1.807, 2.05) is 46.2 Å². The van der Waals surface area contributed by atoms with Crippen molar-refractivity contribution in [3.63, 3.8) is 0 Å². The molecule has 0 unspecified atom stereocenters. The molecule has 4 nitrogen and oxygen atoms in total. The zero-order chi connectivity index (χ0) is 47.5. The number of thiazole rings is 2. The van der Waals surface area contributed by atoms with Crippen LogP contribution in [-0.2, 0) is 13.1 Å². The van der Waals surface area contributed by atoms with E-state index >= 15 is 0 Å². The average molecular weight is 967 g/mol. The highest BCUT2D eigenvalue weighted by molar-refractivity contribution is 8.04. The highest BCUT2D eigenvalue weighted by Crippen LogP contribution is 2.48. The summed E-state index contributed by atoms with van der Waals surface area (Å²) in [4.78, 5) is 7.61. The van der Waals surface area contributed by atoms with Gasteiger partial charge in [0, 0.05) is 52.6 Å². The number of aromatic nitrogens is 2. The fraction of sp³-hybridized carbons (Fsp3) is 0.233. The second kappa shape index (κ2) is 20.9. The highest BCUT2D eigenvalue weighted by Gasteiger charge is 2.27. The maximum absolute atomic E-state index is 2.46. The van der Waals surface area contributed by atoms with E-state index in [4.69, 9.17) is 0 Å². The molecule has 2 aliphatic heterocycles. The van der Waals surface area contributed by atoms with Gasteiger partial charge in [0.25, 0.3) is 10.0 Å². The summed E-state index contributed by atoms with van der Waals surface area (Å²) in [5.74, 6) is 0. The third-order valence-electron chi connectivity index (χ3n) is 13.1. The molecule has 0 amide bonds. The van der Waals surface area contributed by atoms with Gasteiger partial charge in [0.05, 0.1) is 21.4 Å². The van der Waals surface area contributed by atoms with E-state index in [1.54, 1.807) is 0 Å². The first-order valence-electron chi connectivity index (χ1n) is 24.1. The number of nitrogens with zero attached hydrogens (tertiary/aromatic N) is 4. The van der Waals surface area contributed by atoms with Gasteiger partial charge in [0.15, 0.2) is 0 Å². The zero-order valence-electron chi connectivity index (χ0n) is 40.9. The molecule has 0 spiro atoms. The summed E-state index contributed by atoms with van der Waals surface area (Å²) in [5.41, 5.74) is 14.6. The van der Waals surface area contributed by atoms with Crippen LogP contribution >= 0.6 is 46.2 Å². The number of thioether (sulfide) groups is 2. The standard InChI is InChI=1S/C33H35N2S2.C27H27N2S2/c1-6-25(22-33-35(8-3)29-18-23(4)24(5)19-30(29)36-33)21-32-34(7-2)28-17-16-27(20-31(28)37-32)15-14-26-12-10-9-11-13-26;1-5-28-22-15-14-20-10-7-8-11-21(20)27(22)31-26(28)13-9-12-25-29(6-2)23-16-18(3)19(4)17-24(23)30-25/h9-22H,6-8H2,1-5H3;7-17H,5-6H2,1-4H3/q2*+1/b15-14+;. The minimum atomic E-state index is 0.957. The predicted molar refractivity (Wildman–Crippen MR) is 301 cm³/mol. The average Bonchev–Trinajstić information content (AvgIpc) is 4.10. The Balaban J connectivity index is 0.000000172. The Labute approximate surface area is 420 Å². The van der Waals surface area contributed by atoms with Gasteiger partial charge in [-0.3, -0.25) is 0 Å². The summed E-state index contributed by atoms with van der Waals surface area (Å²) in [6.45, 7) is 23.9. The van der Waals surface area contributed by atoms with Gasteiger partial charge in [0.2, 0.25) is 11.0 Å². The van der Waals surface area contributed by atoms with E-state index in [0.717, 1.165) is 32.6 Å². The van der Waals surface area contributed by atoms with Crippen molar-refractivity contribution in [2.75, 3.05) is 22.9 Å². The van der Waals surface area contributed by atoms with Crippen LogP contribution < -0.4 is 18.9 Å². The third-order valence-corrected chi connectivity index (χ3v) is 17.6. The lowest BCUT2D eigenvalue weighted by Gasteiger charge is -2.19. The summed E-state index contributed by atoms with van der Waals surface area (Å²) in [6.07, 6.45) is 16.9. The largest absolute Gasteiger partial charge is 0.335 e. The number of hydrogen-bond acceptors (Lipinski definition) is 6. The van der Waals surface area contributed by atoms with E-state index in [9.17, 15) is 0 Å². The molecule has 0 saturated heterocycles. The first-order chi connectivity index (χ1) is 33.1. The molecule has 344 valence electrons. The molecule has 68 heavy (non-hydrogen) atoms. The molecule has 10 rings (SSSR count). The maximum atomic E-state index is 2.46. The van der Waals surface area contributed by atoms with Gasteiger partial charge in [0.1, 0.15) is 22.5 Å². The number of anilines is 2. The van der Waals surface area contributed by atoms with Crippen molar-refractivity contribution in [2.45, 2.75) is 91.6 Å². The van der Waals surface area contributed by atoms with Crippen LogP contribution in [0.3, 0.4) is 0 Å². The maximum Gasteiger partial charge on any atom is 0.263 e. The van der Waals surface area contributed by atoms with Crippen LogP contribution in [0.15, 0.2) is 153 Å². The lowest BCUT2D eigenvalue weighted by Crippen LogP contribution is -2.33. The third kappa shape index (κ3) is 9.66. The Morgan fingerprint density at radius 2 is 1.16 bits per heavy atom. The quantitative estimate of drug-likeness (QED) is 0.0947. The molecule has 2 aliphatic rings. The summed E-state index contributed by atoms with van der Waals surface area (Å²) in [7, 11) is 0. The second-order valence-corrected chi connectivity index (χ2v) is 21.6. The van der Waals surface area contributed by atoms with Gasteiger partial charge in [-0.1, -0.05) is 126 Å². The molecule has 0 fully saturated rings. The number of benzene rings is 6. The number of rotatable bonds is 11. The molecular formula is C60H62N4S4+2. The summed E-state index contributed by atoms with van der Waals surface area (Å²) >= 11 is 7.55. The molecule has 0 saturated carbocycles. The SMILES string of the molecule is CCC(=Cc1sc2cc(/C=C/c3ccccc3)ccc2[n+]1CC)C=C1Sc2cc(C)c(C)cc2N1CC.CCN1/C(=C/C=C/c2sc3c4ccccc4ccc3[n+]2CC)Sc2cc(C)c(C)cc21. The van der Waals surface area contributed by atoms with Crippen molar-refractivity contribution in [3.8, 4) is 0 Å². The topological polar surface area (TPSA) is 14.2 Å². The molecule has 8 heteroatoms. The highest BCUT2D eigenvalue weighted by atomic mass is 32.2. The first-order valence-corrected chi connectivity index (χ1v) is 27.3. The van der Waals surface area contributed by atoms with E-state index in [1.165, 1.54) is 111 Å². The number of hydrogen-bond donors (Lipinski definition) is 0. The Morgan fingerprint density at radius 3 is 1.84 bits per heavy atom. The monoisotopic (exact) mass is 966 g/mol. The van der Waals surface area contributed by atoms with Gasteiger partial charge in [-0.15, -0.1) is 0 Å². The van der Waals surface area contributed by atoms with Gasteiger partial charge in [-0.2, -0.15) is 9.13 Å². The van der Waals surface area contributed by atoms with Crippen molar-refractivity contribution in [1.29, 1.82) is 0 Å². The van der Waals surface area contributed by atoms with Crippen LogP contribution in [0.5, 0.6) is 0 Å². The minimum absolute atomic E-state index is 0.957. The van der Waals surface area contributed by atoms with Gasteiger partial charge in [-0.25, -0.2) is 0 Å². The predicted octanol–water partition coefficient (Wildman–Crippen LogP) is 16.7. The summed E-state index contributed by atoms with van der Waals surface area (Å²) in [5, 5.41) is 7.88. The Morgan fingerprint density at radius 1 is 0.559 bits per heavy atom. The summed E-state index contributed by atoms with van der Waals surface area (Å²) < 4.78 is 7.56. The minimum Gasteiger partial charge on any atom is -0.335 e. The molecule has 8 aromatic rings. The van der Waals surface area contributed by atoms with Crippen molar-refractivity contribution in [3.05, 3.63) is 186 Å². The van der Waals surface area contributed by atoms with E-state index in [0.29, 0.717) is 0 Å². The number of allylic oxidation sites excluding steroid dienone is 4. The molecule has 0 bridgehead atoms. The van der Waals surface area contributed by atoms with Crippen LogP contribution in [0.2, 0.25) is 0 Å². The molecule has 4 heterocycles. The van der Waals surface area contributed by atoms with Crippen molar-refractivity contribution in [2.24, 2.45) is 0 Å². The fourth-order valence-corrected chi connectivity index (χ4v) is 14.1. The molecule has 0 atom stereocenters. The normalized spacial score (nSPS) is 15.0. The Kier molecular flexibility index (Phi) is 14.6. The first kappa shape index (κ1) is 47.4. The van der Waals surface area contributed by atoms with E-state index in [-0.39, 0.29) is 0 Å². The lowest BCUT2D eigenvalue weighted by atomic mass is 10.1. The van der Waals surface area contributed by atoms with Crippen molar-refractivity contribution < 1.29 is 9.13 Å². The van der Waals surface area contributed by atoms with Crippen LogP contribution in [-0.4, -0.2) is 13.1 Å². The van der Waals surface area contributed by atoms with Gasteiger partial charge >= 0.3 is 0 Å². The van der Waals surface area contributed by atoms with Gasteiger partial charge < -0.3 is 9.80 Å². The number of aryl methyl sites for hydroxylation is 6. The summed E-state index contributed by atoms with van der Waals surface area (Å²) in [6, 6.07) is 39.8. The molecule has 6 aromatic carbocycles. The van der Waals surface area contributed by atoms with E-state index < -0.39 is 0 Å². The lowest BCUT2D eigenvalue weighted by molar-refractivity contribution is -0.665. The Bertz CT molecular complexity index is 3330. The van der Waals surface area contributed by atoms with Crippen LogP contribution in [0, 0.1) is 27.7 Å². The van der Waals surface area contributed by atoms with Gasteiger partial charge in [-0.05, 0) is 161 Å². The van der Waals surface area contributed by atoms with Crippen LogP contribution in [0.25, 0.3) is 55.5 Å². The molecular weight excluding hydrogens is 905 g/mol. The zero-order valence-corrected chi connectivity index (χ0v) is 44.2. The molecule has 0 N–H and O–H groups in total. The molecule has 0 radical (unpaired) electrons. The van der Waals surface area contributed by atoms with E-state index in [2.05, 4.69) is 233 Å². The van der Waals surface area contributed by atoms with Crippen LogP contribution in [0.1, 0.15) is 84.4 Å². The molecule has 2 aromatic heterocycles. The fourth-order valence-electron chi connectivity index (χ4n) is 9.06.